The summed E-state index contributed by atoms with van der Waals surface area (Å²) in [7, 11) is 4.29. The standard InChI is InChI=1S/C22H24N4S/c1-26(2)18(15-21-23-12-13-24-21)10-8-16-9-11-19-20(14-16)27-22(25-19)17-6-4-3-5-7-17/h3-7,9,11-14,18H,8,10,15H2,1-2H3,(H,23,24). The fourth-order valence-corrected chi connectivity index (χ4v) is 4.37. The minimum absolute atomic E-state index is 0.466. The SMILES string of the molecule is CN(C)C(CCc1ccc2nc(-c3ccccc3)sc2c1)Cc1ncc[nH]1. The number of thiazole rings is 1. The summed E-state index contributed by atoms with van der Waals surface area (Å²) in [6, 6.07) is 17.6. The van der Waals surface area contributed by atoms with E-state index in [1.165, 1.54) is 15.8 Å². The van der Waals surface area contributed by atoms with E-state index in [4.69, 9.17) is 4.98 Å². The molecule has 2 aromatic heterocycles. The van der Waals surface area contributed by atoms with Crippen molar-refractivity contribution in [2.75, 3.05) is 14.1 Å². The van der Waals surface area contributed by atoms with Gasteiger partial charge in [-0.2, -0.15) is 0 Å². The lowest BCUT2D eigenvalue weighted by Gasteiger charge is -2.23. The van der Waals surface area contributed by atoms with Crippen LogP contribution in [0.5, 0.6) is 0 Å². The van der Waals surface area contributed by atoms with Gasteiger partial charge in [-0.25, -0.2) is 9.97 Å². The number of hydrogen-bond donors (Lipinski definition) is 1. The van der Waals surface area contributed by atoms with Gasteiger partial charge in [0.05, 0.1) is 10.2 Å². The molecule has 0 aliphatic carbocycles. The van der Waals surface area contributed by atoms with E-state index < -0.39 is 0 Å². The third-order valence-corrected chi connectivity index (χ3v) is 6.02. The number of nitrogens with zero attached hydrogens (tertiary/aromatic N) is 3. The van der Waals surface area contributed by atoms with E-state index in [1.807, 2.05) is 18.5 Å². The van der Waals surface area contributed by atoms with Crippen LogP contribution in [0, 0.1) is 0 Å². The van der Waals surface area contributed by atoms with Gasteiger partial charge in [-0.15, -0.1) is 11.3 Å². The average molecular weight is 377 g/mol. The third-order valence-electron chi connectivity index (χ3n) is 4.95. The first-order valence-electron chi connectivity index (χ1n) is 9.28. The van der Waals surface area contributed by atoms with Crippen LogP contribution in [0.25, 0.3) is 20.8 Å². The van der Waals surface area contributed by atoms with Crippen molar-refractivity contribution in [1.29, 1.82) is 0 Å². The Bertz CT molecular complexity index is 990. The summed E-state index contributed by atoms with van der Waals surface area (Å²) < 4.78 is 1.26. The van der Waals surface area contributed by atoms with Crippen molar-refractivity contribution in [2.24, 2.45) is 0 Å². The second kappa shape index (κ2) is 8.03. The molecule has 1 N–H and O–H groups in total. The molecular weight excluding hydrogens is 352 g/mol. The number of H-pyrrole nitrogens is 1. The zero-order valence-electron chi connectivity index (χ0n) is 15.7. The molecule has 27 heavy (non-hydrogen) atoms. The number of fused-ring (bicyclic) bond motifs is 1. The van der Waals surface area contributed by atoms with E-state index in [0.717, 1.165) is 35.6 Å². The molecule has 1 atom stereocenters. The Kier molecular flexibility index (Phi) is 5.32. The highest BCUT2D eigenvalue weighted by molar-refractivity contribution is 7.21. The van der Waals surface area contributed by atoms with Gasteiger partial charge in [0, 0.05) is 30.4 Å². The smallest absolute Gasteiger partial charge is 0.124 e. The van der Waals surface area contributed by atoms with Crippen LogP contribution in [0.3, 0.4) is 0 Å². The molecule has 138 valence electrons. The Morgan fingerprint density at radius 3 is 2.70 bits per heavy atom. The van der Waals surface area contributed by atoms with E-state index in [0.29, 0.717) is 6.04 Å². The number of aryl methyl sites for hydroxylation is 1. The number of imidazole rings is 1. The molecule has 0 bridgehead atoms. The van der Waals surface area contributed by atoms with Crippen LogP contribution >= 0.6 is 11.3 Å². The molecule has 0 saturated carbocycles. The Hall–Kier alpha value is -2.50. The van der Waals surface area contributed by atoms with Gasteiger partial charge in [0.2, 0.25) is 0 Å². The highest BCUT2D eigenvalue weighted by Crippen LogP contribution is 2.31. The van der Waals surface area contributed by atoms with Crippen LogP contribution in [-0.4, -0.2) is 40.0 Å². The Morgan fingerprint density at radius 1 is 1.11 bits per heavy atom. The first-order valence-corrected chi connectivity index (χ1v) is 10.1. The number of benzene rings is 2. The van der Waals surface area contributed by atoms with Gasteiger partial charge in [0.25, 0.3) is 0 Å². The van der Waals surface area contributed by atoms with Crippen molar-refractivity contribution in [1.82, 2.24) is 19.9 Å². The van der Waals surface area contributed by atoms with Gasteiger partial charge in [-0.05, 0) is 44.6 Å². The number of hydrogen-bond acceptors (Lipinski definition) is 4. The van der Waals surface area contributed by atoms with Crippen molar-refractivity contribution in [3.05, 3.63) is 72.3 Å². The lowest BCUT2D eigenvalue weighted by Crippen LogP contribution is -2.31. The number of nitrogens with one attached hydrogen (secondary N) is 1. The van der Waals surface area contributed by atoms with Gasteiger partial charge in [0.15, 0.2) is 0 Å². The summed E-state index contributed by atoms with van der Waals surface area (Å²) in [5.74, 6) is 1.05. The largest absolute Gasteiger partial charge is 0.349 e. The highest BCUT2D eigenvalue weighted by Gasteiger charge is 2.14. The molecule has 4 nitrogen and oxygen atoms in total. The molecule has 0 aliphatic heterocycles. The van der Waals surface area contributed by atoms with E-state index >= 15 is 0 Å². The lowest BCUT2D eigenvalue weighted by atomic mass is 10.0. The molecular formula is C22H24N4S. The molecule has 4 rings (SSSR count). The van der Waals surface area contributed by atoms with Gasteiger partial charge in [-0.3, -0.25) is 0 Å². The van der Waals surface area contributed by atoms with Crippen LogP contribution in [0.15, 0.2) is 60.9 Å². The van der Waals surface area contributed by atoms with Gasteiger partial charge in [0.1, 0.15) is 10.8 Å². The summed E-state index contributed by atoms with van der Waals surface area (Å²) in [6.07, 6.45) is 6.82. The number of rotatable bonds is 7. The van der Waals surface area contributed by atoms with Gasteiger partial charge < -0.3 is 9.88 Å². The first-order chi connectivity index (χ1) is 13.2. The van der Waals surface area contributed by atoms with Crippen LogP contribution in [0.1, 0.15) is 17.8 Å². The second-order valence-electron chi connectivity index (χ2n) is 7.08. The molecule has 0 spiro atoms. The molecule has 0 fully saturated rings. The van der Waals surface area contributed by atoms with Crippen LogP contribution in [0.4, 0.5) is 0 Å². The zero-order valence-corrected chi connectivity index (χ0v) is 16.5. The van der Waals surface area contributed by atoms with E-state index in [-0.39, 0.29) is 0 Å². The summed E-state index contributed by atoms with van der Waals surface area (Å²) in [4.78, 5) is 14.7. The maximum absolute atomic E-state index is 4.80. The van der Waals surface area contributed by atoms with Crippen LogP contribution in [0.2, 0.25) is 0 Å². The minimum atomic E-state index is 0.466. The molecule has 0 aliphatic rings. The molecule has 2 aromatic carbocycles. The van der Waals surface area contributed by atoms with E-state index in [9.17, 15) is 0 Å². The molecule has 0 amide bonds. The normalized spacial score (nSPS) is 12.7. The number of aromatic nitrogens is 3. The summed E-state index contributed by atoms with van der Waals surface area (Å²) >= 11 is 1.77. The summed E-state index contributed by atoms with van der Waals surface area (Å²) in [5, 5.41) is 1.09. The monoisotopic (exact) mass is 376 g/mol. The van der Waals surface area contributed by atoms with E-state index in [1.54, 1.807) is 11.3 Å². The minimum Gasteiger partial charge on any atom is -0.349 e. The molecule has 0 saturated heterocycles. The van der Waals surface area contributed by atoms with Crippen molar-refractivity contribution in [2.45, 2.75) is 25.3 Å². The Labute approximate surface area is 163 Å². The first kappa shape index (κ1) is 17.9. The number of likely N-dealkylation sites (N-methyl/N-ethyl adjacent to an activating group) is 1. The molecule has 2 heterocycles. The molecule has 1 unspecified atom stereocenters. The fraction of sp³-hybridized carbons (Fsp3) is 0.273. The number of aromatic amines is 1. The lowest BCUT2D eigenvalue weighted by molar-refractivity contribution is 0.274. The maximum atomic E-state index is 4.80. The maximum Gasteiger partial charge on any atom is 0.124 e. The zero-order chi connectivity index (χ0) is 18.6. The third kappa shape index (κ3) is 4.26. The predicted molar refractivity (Wildman–Crippen MR) is 113 cm³/mol. The molecule has 0 radical (unpaired) electrons. The van der Waals surface area contributed by atoms with E-state index in [2.05, 4.69) is 71.4 Å². The van der Waals surface area contributed by atoms with Gasteiger partial charge >= 0.3 is 0 Å². The Balaban J connectivity index is 1.48. The van der Waals surface area contributed by atoms with Crippen molar-refractivity contribution in [3.63, 3.8) is 0 Å². The quantitative estimate of drug-likeness (QED) is 0.504. The van der Waals surface area contributed by atoms with Crippen molar-refractivity contribution >= 4 is 21.6 Å². The summed E-state index contributed by atoms with van der Waals surface area (Å²) in [6.45, 7) is 0. The van der Waals surface area contributed by atoms with Crippen LogP contribution in [-0.2, 0) is 12.8 Å². The second-order valence-corrected chi connectivity index (χ2v) is 8.11. The fourth-order valence-electron chi connectivity index (χ4n) is 3.34. The van der Waals surface area contributed by atoms with Gasteiger partial charge in [-0.1, -0.05) is 36.4 Å². The van der Waals surface area contributed by atoms with Crippen molar-refractivity contribution < 1.29 is 0 Å². The molecule has 5 heteroatoms. The topological polar surface area (TPSA) is 44.8 Å². The molecule has 4 aromatic rings. The summed E-state index contributed by atoms with van der Waals surface area (Å²) in [5.41, 5.74) is 3.64. The highest BCUT2D eigenvalue weighted by atomic mass is 32.1. The average Bonchev–Trinajstić information content (AvgIpc) is 3.34. The Morgan fingerprint density at radius 2 is 1.96 bits per heavy atom. The predicted octanol–water partition coefficient (Wildman–Crippen LogP) is 4.79. The van der Waals surface area contributed by atoms with Crippen molar-refractivity contribution in [3.8, 4) is 10.6 Å². The van der Waals surface area contributed by atoms with Crippen LogP contribution < -0.4 is 0 Å².